The zero-order valence-electron chi connectivity index (χ0n) is 19.6. The van der Waals surface area contributed by atoms with Crippen LogP contribution in [0, 0.1) is 44.3 Å². The van der Waals surface area contributed by atoms with Gasteiger partial charge in [-0.1, -0.05) is 32.8 Å². The van der Waals surface area contributed by atoms with Crippen LogP contribution in [-0.2, 0) is 23.3 Å². The molecule has 1 unspecified atom stereocenters. The number of benzene rings is 2. The van der Waals surface area contributed by atoms with E-state index in [1.165, 1.54) is 40.1 Å². The van der Waals surface area contributed by atoms with Crippen LogP contribution >= 0.6 is 24.8 Å². The van der Waals surface area contributed by atoms with Crippen molar-refractivity contribution in [2.24, 2.45) is 5.92 Å². The quantitative estimate of drug-likeness (QED) is 0.152. The van der Waals surface area contributed by atoms with Crippen molar-refractivity contribution in [3.8, 4) is 11.1 Å². The molecule has 0 bridgehead atoms. The third kappa shape index (κ3) is 8.62. The van der Waals surface area contributed by atoms with Crippen molar-refractivity contribution < 1.29 is 36.5 Å². The fourth-order valence-electron chi connectivity index (χ4n) is 3.28. The summed E-state index contributed by atoms with van der Waals surface area (Å²) in [5.74, 6) is -2.42. The topological polar surface area (TPSA) is 0 Å². The summed E-state index contributed by atoms with van der Waals surface area (Å²) in [5, 5.41) is 1.76. The van der Waals surface area contributed by atoms with E-state index >= 15 is 0 Å². The first-order chi connectivity index (χ1) is 13.8. The summed E-state index contributed by atoms with van der Waals surface area (Å²) in [7, 11) is 0. The van der Waals surface area contributed by atoms with Gasteiger partial charge in [0.15, 0.2) is 11.6 Å². The van der Waals surface area contributed by atoms with Gasteiger partial charge in [-0.2, -0.15) is 11.1 Å². The summed E-state index contributed by atoms with van der Waals surface area (Å²) in [6, 6.07) is 12.4. The van der Waals surface area contributed by atoms with Gasteiger partial charge < -0.3 is 14.9 Å². The Morgan fingerprint density at radius 1 is 0.879 bits per heavy atom. The Balaban J connectivity index is -0.000000522. The van der Waals surface area contributed by atoms with Crippen molar-refractivity contribution in [1.82, 2.24) is 0 Å². The maximum atomic E-state index is 13.7. The summed E-state index contributed by atoms with van der Waals surface area (Å²) in [4.78, 5) is 0. The molecule has 0 N–H and O–H groups in total. The Morgan fingerprint density at radius 3 is 1.91 bits per heavy atom. The summed E-state index contributed by atoms with van der Waals surface area (Å²) < 4.78 is 39.8. The fourth-order valence-corrected chi connectivity index (χ4v) is 3.28. The molecule has 33 heavy (non-hydrogen) atoms. The second kappa shape index (κ2) is 16.6. The van der Waals surface area contributed by atoms with E-state index in [1.54, 1.807) is 6.07 Å². The molecule has 0 aromatic heterocycles. The molecule has 2 radical (unpaired) electrons. The van der Waals surface area contributed by atoms with Gasteiger partial charge in [-0.05, 0) is 11.6 Å². The van der Waals surface area contributed by atoms with Gasteiger partial charge in [0, 0.05) is 6.07 Å². The number of halogens is 5. The Kier molecular flexibility index (Phi) is 18.4. The predicted octanol–water partition coefficient (Wildman–Crippen LogP) is 8.73. The molecule has 3 aromatic rings. The Hall–Kier alpha value is -1.000. The van der Waals surface area contributed by atoms with Crippen LogP contribution in [0.2, 0.25) is 0 Å². The maximum absolute atomic E-state index is 13.7. The van der Waals surface area contributed by atoms with Crippen molar-refractivity contribution in [1.29, 1.82) is 0 Å². The van der Waals surface area contributed by atoms with Crippen LogP contribution in [0.3, 0.4) is 0 Å². The average molecular weight is 589 g/mol. The van der Waals surface area contributed by atoms with Crippen molar-refractivity contribution in [3.63, 3.8) is 0 Å². The summed E-state index contributed by atoms with van der Waals surface area (Å²) in [6.07, 6.45) is 3.36. The Bertz CT molecular complexity index is 1090. The molecule has 1 aliphatic carbocycles. The Labute approximate surface area is 226 Å². The van der Waals surface area contributed by atoms with Crippen LogP contribution < -0.4 is 0 Å². The number of allylic oxidation sites excluding steroid dienone is 4. The van der Waals surface area contributed by atoms with Gasteiger partial charge in [0.2, 0.25) is 0 Å². The van der Waals surface area contributed by atoms with Crippen LogP contribution in [0.5, 0.6) is 0 Å². The van der Waals surface area contributed by atoms with Gasteiger partial charge in [-0.25, -0.2) is 18.7 Å². The molecule has 0 aliphatic heterocycles. The van der Waals surface area contributed by atoms with Crippen molar-refractivity contribution in [2.75, 3.05) is 0 Å². The second-order valence-corrected chi connectivity index (χ2v) is 6.88. The first kappa shape index (κ1) is 36.6. The molecule has 0 saturated heterocycles. The van der Waals surface area contributed by atoms with E-state index < -0.39 is 17.5 Å². The van der Waals surface area contributed by atoms with Crippen molar-refractivity contribution in [2.45, 2.75) is 27.7 Å². The first-order valence-corrected chi connectivity index (χ1v) is 13.3. The number of rotatable bonds is 1. The number of hydrogen-bond acceptors (Lipinski definition) is 0. The van der Waals surface area contributed by atoms with E-state index in [9.17, 15) is 13.2 Å². The van der Waals surface area contributed by atoms with E-state index in [4.69, 9.17) is 0 Å². The summed E-state index contributed by atoms with van der Waals surface area (Å²) in [5.41, 5.74) is 4.90. The summed E-state index contributed by atoms with van der Waals surface area (Å²) >= 11 is 1.36. The summed E-state index contributed by atoms with van der Waals surface area (Å²) in [6.45, 7) is 11.7. The van der Waals surface area contributed by atoms with Crippen LogP contribution in [0.25, 0.3) is 21.9 Å². The minimum atomic E-state index is -1.17. The third-order valence-electron chi connectivity index (χ3n) is 5.22. The minimum absolute atomic E-state index is 0. The van der Waals surface area contributed by atoms with E-state index in [2.05, 4.69) is 40.7 Å². The molecular weight excluding hydrogens is 559 g/mol. The van der Waals surface area contributed by atoms with E-state index in [-0.39, 0.29) is 45.2 Å². The molecule has 0 fully saturated rings. The second-order valence-electron chi connectivity index (χ2n) is 6.88. The molecule has 3 aromatic carbocycles. The monoisotopic (exact) mass is 586 g/mol. The van der Waals surface area contributed by atoms with E-state index in [0.29, 0.717) is 17.5 Å². The predicted molar refractivity (Wildman–Crippen MR) is 138 cm³/mol. The molecule has 0 amide bonds. The van der Waals surface area contributed by atoms with Gasteiger partial charge in [-0.3, -0.25) is 6.08 Å². The van der Waals surface area contributed by atoms with Crippen LogP contribution in [-0.4, -0.2) is 6.88 Å². The molecular formula is C26H29Cl2F3SiZr-4. The third-order valence-corrected chi connectivity index (χ3v) is 5.22. The molecule has 0 heterocycles. The molecule has 4 rings (SSSR count). The van der Waals surface area contributed by atoms with Gasteiger partial charge in [0.05, 0.1) is 0 Å². The van der Waals surface area contributed by atoms with Gasteiger partial charge in [-0.15, -0.1) is 78.4 Å². The van der Waals surface area contributed by atoms with Crippen LogP contribution in [0.15, 0.2) is 65.3 Å². The van der Waals surface area contributed by atoms with E-state index in [0.717, 1.165) is 16.8 Å². The molecule has 0 nitrogen and oxygen atoms in total. The van der Waals surface area contributed by atoms with Crippen molar-refractivity contribution in [3.05, 3.63) is 104 Å². The normalized spacial score (nSPS) is 13.5. The van der Waals surface area contributed by atoms with E-state index in [1.807, 2.05) is 30.3 Å². The molecule has 1 atom stereocenters. The molecule has 1 aliphatic rings. The van der Waals surface area contributed by atoms with Gasteiger partial charge >= 0.3 is 30.2 Å². The molecule has 7 heteroatoms. The SMILES string of the molecule is CC1=[C-]C(C)C(C)=C1C.Cl.Cl.Fc1cc(F)c(-c2c[cH-]c3ccccc23)cc1F.[CH3-].[CH3-].[Si]=[Zr]. The zero-order chi connectivity index (χ0) is 21.7. The van der Waals surface area contributed by atoms with Crippen molar-refractivity contribution >= 4 is 42.5 Å². The van der Waals surface area contributed by atoms with Gasteiger partial charge in [0.25, 0.3) is 0 Å². The van der Waals surface area contributed by atoms with Crippen LogP contribution in [0.4, 0.5) is 13.2 Å². The van der Waals surface area contributed by atoms with Crippen LogP contribution in [0.1, 0.15) is 27.7 Å². The molecule has 0 spiro atoms. The first-order valence-electron chi connectivity index (χ1n) is 9.11. The Morgan fingerprint density at radius 2 is 1.42 bits per heavy atom. The number of hydrogen-bond donors (Lipinski definition) is 0. The standard InChI is InChI=1S/C15H8F3.C9H13.2CH3.2ClH.Si.Zr/c16-13-8-15(18)14(17)7-12(13)11-6-5-9-3-1-2-4-10(9)11;1-6-5-7(2)9(4)8(6)3;;;;;;/h1-8H;6H,1-4H3;2*1H3;2*1H;;/q4*-1;;;;. The molecule has 180 valence electrons. The number of fused-ring (bicyclic) bond motifs is 1. The average Bonchev–Trinajstić information content (AvgIpc) is 3.24. The fraction of sp³-hybridized carbons (Fsp3) is 0.192. The molecule has 0 saturated carbocycles. The van der Waals surface area contributed by atoms with Gasteiger partial charge in [0.1, 0.15) is 5.82 Å². The zero-order valence-corrected chi connectivity index (χ0v) is 24.7.